The topological polar surface area (TPSA) is 38.3 Å². The monoisotopic (exact) mass is 309 g/mol. The fourth-order valence-corrected chi connectivity index (χ4v) is 2.67. The van der Waals surface area contributed by atoms with Crippen molar-refractivity contribution >= 4 is 17.7 Å². The van der Waals surface area contributed by atoms with Crippen LogP contribution in [0.1, 0.15) is 38.8 Å². The van der Waals surface area contributed by atoms with Crippen molar-refractivity contribution in [1.82, 2.24) is 5.32 Å². The summed E-state index contributed by atoms with van der Waals surface area (Å²) in [7, 11) is 0. The second-order valence-corrected chi connectivity index (χ2v) is 8.20. The Labute approximate surface area is 132 Å². The highest BCUT2D eigenvalue weighted by atomic mass is 32.2. The molecule has 0 fully saturated rings. The zero-order valence-electron chi connectivity index (χ0n) is 13.9. The van der Waals surface area contributed by atoms with Crippen LogP contribution in [0, 0.1) is 13.8 Å². The van der Waals surface area contributed by atoms with Crippen molar-refractivity contribution in [3.63, 3.8) is 0 Å². The summed E-state index contributed by atoms with van der Waals surface area (Å²) in [5.41, 5.74) is 2.24. The summed E-state index contributed by atoms with van der Waals surface area (Å²) in [4.78, 5) is 12.0. The van der Waals surface area contributed by atoms with Crippen LogP contribution in [-0.4, -0.2) is 29.1 Å². The molecule has 1 amide bonds. The predicted molar refractivity (Wildman–Crippen MR) is 91.2 cm³/mol. The van der Waals surface area contributed by atoms with Crippen LogP contribution in [0.2, 0.25) is 0 Å². The lowest BCUT2D eigenvalue weighted by Gasteiger charge is -2.19. The van der Waals surface area contributed by atoms with E-state index < -0.39 is 6.10 Å². The van der Waals surface area contributed by atoms with E-state index in [-0.39, 0.29) is 10.7 Å². The molecule has 3 nitrogen and oxygen atoms in total. The zero-order valence-corrected chi connectivity index (χ0v) is 14.8. The molecule has 1 N–H and O–H groups in total. The van der Waals surface area contributed by atoms with E-state index in [1.807, 2.05) is 37.7 Å². The lowest BCUT2D eigenvalue weighted by atomic mass is 10.1. The van der Waals surface area contributed by atoms with Gasteiger partial charge in [0, 0.05) is 17.0 Å². The number of amides is 1. The average molecular weight is 309 g/mol. The Kier molecular flexibility index (Phi) is 6.59. The molecule has 0 aliphatic rings. The first-order chi connectivity index (χ1) is 9.69. The zero-order chi connectivity index (χ0) is 16.0. The molecule has 0 aliphatic carbocycles. The number of carbonyl (C=O) groups excluding carboxylic acids is 1. The summed E-state index contributed by atoms with van der Waals surface area (Å²) in [5, 5.41) is 2.92. The van der Waals surface area contributed by atoms with Gasteiger partial charge in [-0.05, 0) is 32.4 Å². The highest BCUT2D eigenvalue weighted by Gasteiger charge is 2.16. The van der Waals surface area contributed by atoms with Gasteiger partial charge in [-0.3, -0.25) is 4.79 Å². The third-order valence-electron chi connectivity index (χ3n) is 2.94. The third kappa shape index (κ3) is 6.89. The summed E-state index contributed by atoms with van der Waals surface area (Å²) in [6.07, 6.45) is -0.481. The van der Waals surface area contributed by atoms with Gasteiger partial charge in [0.1, 0.15) is 5.75 Å². The molecule has 21 heavy (non-hydrogen) atoms. The van der Waals surface area contributed by atoms with Crippen LogP contribution in [0.3, 0.4) is 0 Å². The summed E-state index contributed by atoms with van der Waals surface area (Å²) >= 11 is 1.84. The maximum absolute atomic E-state index is 12.0. The molecule has 0 heterocycles. The van der Waals surface area contributed by atoms with Gasteiger partial charge in [0.2, 0.25) is 0 Å². The minimum atomic E-state index is -0.481. The summed E-state index contributed by atoms with van der Waals surface area (Å²) in [5.74, 6) is 1.61. The van der Waals surface area contributed by atoms with Gasteiger partial charge in [0.15, 0.2) is 6.10 Å². The van der Waals surface area contributed by atoms with E-state index in [4.69, 9.17) is 4.74 Å². The molecule has 0 spiro atoms. The molecular formula is C17H27NO2S. The number of ether oxygens (including phenoxy) is 1. The van der Waals surface area contributed by atoms with Gasteiger partial charge < -0.3 is 10.1 Å². The number of benzene rings is 1. The molecule has 0 aliphatic heterocycles. The van der Waals surface area contributed by atoms with E-state index in [1.54, 1.807) is 6.92 Å². The van der Waals surface area contributed by atoms with Gasteiger partial charge in [0.25, 0.3) is 5.91 Å². The van der Waals surface area contributed by atoms with Gasteiger partial charge in [-0.15, -0.1) is 0 Å². The predicted octanol–water partition coefficient (Wildman–Crippen LogP) is 3.72. The van der Waals surface area contributed by atoms with Crippen molar-refractivity contribution in [2.75, 3.05) is 12.3 Å². The number of hydrogen-bond donors (Lipinski definition) is 1. The lowest BCUT2D eigenvalue weighted by Crippen LogP contribution is -2.37. The second-order valence-electron chi connectivity index (χ2n) is 6.28. The van der Waals surface area contributed by atoms with Crippen molar-refractivity contribution in [2.24, 2.45) is 0 Å². The summed E-state index contributed by atoms with van der Waals surface area (Å²) in [6, 6.07) is 5.97. The molecule has 0 bridgehead atoms. The molecule has 1 rings (SSSR count). The van der Waals surface area contributed by atoms with E-state index in [1.165, 1.54) is 5.56 Å². The maximum Gasteiger partial charge on any atom is 0.260 e. The summed E-state index contributed by atoms with van der Waals surface area (Å²) in [6.45, 7) is 13.0. The molecule has 0 saturated heterocycles. The van der Waals surface area contributed by atoms with Gasteiger partial charge in [-0.25, -0.2) is 0 Å². The molecule has 4 heteroatoms. The average Bonchev–Trinajstić information content (AvgIpc) is 2.36. The molecule has 0 aromatic heterocycles. The lowest BCUT2D eigenvalue weighted by molar-refractivity contribution is -0.127. The number of nitrogens with one attached hydrogen (secondary N) is 1. The first kappa shape index (κ1) is 17.9. The van der Waals surface area contributed by atoms with Gasteiger partial charge >= 0.3 is 0 Å². The largest absolute Gasteiger partial charge is 0.481 e. The molecule has 1 atom stereocenters. The Morgan fingerprint density at radius 1 is 1.33 bits per heavy atom. The number of thioether (sulfide) groups is 1. The van der Waals surface area contributed by atoms with Crippen molar-refractivity contribution in [2.45, 2.75) is 52.4 Å². The minimum Gasteiger partial charge on any atom is -0.481 e. The van der Waals surface area contributed by atoms with Crippen molar-refractivity contribution in [1.29, 1.82) is 0 Å². The van der Waals surface area contributed by atoms with Crippen LogP contribution < -0.4 is 10.1 Å². The van der Waals surface area contributed by atoms with Crippen LogP contribution in [0.5, 0.6) is 5.75 Å². The highest BCUT2D eigenvalue weighted by Crippen LogP contribution is 2.22. The van der Waals surface area contributed by atoms with E-state index >= 15 is 0 Å². The summed E-state index contributed by atoms with van der Waals surface area (Å²) < 4.78 is 5.97. The number of carbonyl (C=O) groups is 1. The van der Waals surface area contributed by atoms with Crippen LogP contribution in [0.25, 0.3) is 0 Å². The molecule has 0 unspecified atom stereocenters. The molecule has 0 radical (unpaired) electrons. The number of rotatable bonds is 6. The molecule has 118 valence electrons. The van der Waals surface area contributed by atoms with E-state index in [0.29, 0.717) is 6.54 Å². The fraction of sp³-hybridized carbons (Fsp3) is 0.588. The highest BCUT2D eigenvalue weighted by molar-refractivity contribution is 8.00. The number of aryl methyl sites for hydroxylation is 2. The van der Waals surface area contributed by atoms with E-state index in [9.17, 15) is 4.79 Å². The first-order valence-corrected chi connectivity index (χ1v) is 8.33. The van der Waals surface area contributed by atoms with Crippen molar-refractivity contribution < 1.29 is 9.53 Å². The normalized spacial score (nSPS) is 12.9. The van der Waals surface area contributed by atoms with Crippen LogP contribution in [0.15, 0.2) is 18.2 Å². The molecule has 0 saturated carbocycles. The Bertz CT molecular complexity index is 480. The quantitative estimate of drug-likeness (QED) is 0.814. The second kappa shape index (κ2) is 7.74. The van der Waals surface area contributed by atoms with Crippen LogP contribution in [0.4, 0.5) is 0 Å². The van der Waals surface area contributed by atoms with Crippen molar-refractivity contribution in [3.05, 3.63) is 29.3 Å². The molecule has 1 aromatic rings. The van der Waals surface area contributed by atoms with Crippen LogP contribution >= 0.6 is 11.8 Å². The van der Waals surface area contributed by atoms with Gasteiger partial charge in [-0.1, -0.05) is 38.5 Å². The molecule has 1 aromatic carbocycles. The number of hydrogen-bond acceptors (Lipinski definition) is 3. The standard InChI is InChI=1S/C17H27NO2S/c1-12-7-8-15(13(2)11-12)20-14(3)16(19)18-9-10-21-17(4,5)6/h7-8,11,14H,9-10H2,1-6H3,(H,18,19)/t14-/m1/s1. The fourth-order valence-electron chi connectivity index (χ4n) is 1.85. The Balaban J connectivity index is 2.41. The minimum absolute atomic E-state index is 0.0653. The first-order valence-electron chi connectivity index (χ1n) is 7.34. The van der Waals surface area contributed by atoms with Gasteiger partial charge in [0.05, 0.1) is 0 Å². The SMILES string of the molecule is Cc1ccc(O[C@H](C)C(=O)NCCSC(C)(C)C)c(C)c1. The van der Waals surface area contributed by atoms with Gasteiger partial charge in [-0.2, -0.15) is 11.8 Å². The third-order valence-corrected chi connectivity index (χ3v) is 4.21. The van der Waals surface area contributed by atoms with Crippen LogP contribution in [-0.2, 0) is 4.79 Å². The maximum atomic E-state index is 12.0. The Morgan fingerprint density at radius 3 is 2.57 bits per heavy atom. The van der Waals surface area contributed by atoms with Crippen molar-refractivity contribution in [3.8, 4) is 5.75 Å². The van der Waals surface area contributed by atoms with E-state index in [0.717, 1.165) is 17.1 Å². The smallest absolute Gasteiger partial charge is 0.260 e. The Hall–Kier alpha value is -1.16. The Morgan fingerprint density at radius 2 is 2.00 bits per heavy atom. The molecular weight excluding hydrogens is 282 g/mol. The van der Waals surface area contributed by atoms with E-state index in [2.05, 4.69) is 32.2 Å².